The van der Waals surface area contributed by atoms with E-state index in [4.69, 9.17) is 5.11 Å². The summed E-state index contributed by atoms with van der Waals surface area (Å²) in [5.41, 5.74) is 1.46. The molecule has 0 bridgehead atoms. The fourth-order valence-electron chi connectivity index (χ4n) is 1.83. The maximum atomic E-state index is 8.75. The van der Waals surface area contributed by atoms with Gasteiger partial charge in [0.2, 0.25) is 0 Å². The van der Waals surface area contributed by atoms with Crippen LogP contribution in [-0.2, 0) is 0 Å². The second-order valence-corrected chi connectivity index (χ2v) is 3.75. The van der Waals surface area contributed by atoms with Crippen LogP contribution in [0.15, 0.2) is 11.6 Å². The van der Waals surface area contributed by atoms with Gasteiger partial charge in [0.1, 0.15) is 0 Å². The van der Waals surface area contributed by atoms with Crippen molar-refractivity contribution in [3.8, 4) is 0 Å². The van der Waals surface area contributed by atoms with E-state index in [0.717, 1.165) is 5.92 Å². The van der Waals surface area contributed by atoms with Crippen molar-refractivity contribution in [2.75, 3.05) is 6.61 Å². The van der Waals surface area contributed by atoms with Gasteiger partial charge in [-0.1, -0.05) is 25.5 Å². The monoisotopic (exact) mass is 154 g/mol. The van der Waals surface area contributed by atoms with Crippen LogP contribution in [0, 0.1) is 11.8 Å². The van der Waals surface area contributed by atoms with Crippen LogP contribution in [-0.4, -0.2) is 11.7 Å². The normalized spacial score (nSPS) is 36.1. The van der Waals surface area contributed by atoms with Crippen molar-refractivity contribution in [2.24, 2.45) is 11.8 Å². The van der Waals surface area contributed by atoms with Gasteiger partial charge in [0.15, 0.2) is 0 Å². The molecule has 0 saturated heterocycles. The highest BCUT2D eigenvalue weighted by atomic mass is 16.2. The first-order valence-corrected chi connectivity index (χ1v) is 4.53. The van der Waals surface area contributed by atoms with Gasteiger partial charge in [0.25, 0.3) is 0 Å². The van der Waals surface area contributed by atoms with Crippen LogP contribution in [0.5, 0.6) is 0 Å². The van der Waals surface area contributed by atoms with E-state index in [1.807, 2.05) is 6.08 Å². The second kappa shape index (κ2) is 3.91. The Bertz CT molecular complexity index is 149. The lowest BCUT2D eigenvalue weighted by Gasteiger charge is -2.26. The zero-order valence-electron chi connectivity index (χ0n) is 7.51. The van der Waals surface area contributed by atoms with E-state index in [9.17, 15) is 0 Å². The molecule has 1 nitrogen and oxygen atoms in total. The number of aliphatic hydroxyl groups excluding tert-OH is 1. The summed E-state index contributed by atoms with van der Waals surface area (Å²) < 4.78 is 0. The largest absolute Gasteiger partial charge is 0.392 e. The van der Waals surface area contributed by atoms with Crippen LogP contribution in [0.3, 0.4) is 0 Å². The molecule has 64 valence electrons. The highest BCUT2D eigenvalue weighted by molar-refractivity contribution is 5.09. The van der Waals surface area contributed by atoms with Crippen molar-refractivity contribution in [1.82, 2.24) is 0 Å². The highest BCUT2D eigenvalue weighted by Gasteiger charge is 2.18. The van der Waals surface area contributed by atoms with E-state index in [2.05, 4.69) is 13.8 Å². The summed E-state index contributed by atoms with van der Waals surface area (Å²) in [6, 6.07) is 0. The molecule has 11 heavy (non-hydrogen) atoms. The molecule has 0 spiro atoms. The van der Waals surface area contributed by atoms with Crippen LogP contribution < -0.4 is 0 Å². The molecule has 0 aromatic carbocycles. The summed E-state index contributed by atoms with van der Waals surface area (Å²) in [4.78, 5) is 0. The Morgan fingerprint density at radius 3 is 2.82 bits per heavy atom. The topological polar surface area (TPSA) is 20.2 Å². The molecule has 0 radical (unpaired) electrons. The Hall–Kier alpha value is -0.300. The Kier molecular flexibility index (Phi) is 3.13. The highest BCUT2D eigenvalue weighted by Crippen LogP contribution is 2.32. The first-order chi connectivity index (χ1) is 5.24. The summed E-state index contributed by atoms with van der Waals surface area (Å²) in [5, 5.41) is 8.75. The molecular formula is C10H18O. The predicted molar refractivity (Wildman–Crippen MR) is 47.3 cm³/mol. The minimum absolute atomic E-state index is 0.215. The van der Waals surface area contributed by atoms with Crippen molar-refractivity contribution >= 4 is 0 Å². The van der Waals surface area contributed by atoms with Crippen LogP contribution in [0.4, 0.5) is 0 Å². The van der Waals surface area contributed by atoms with Gasteiger partial charge >= 0.3 is 0 Å². The number of allylic oxidation sites excluding steroid dienone is 1. The fourth-order valence-corrected chi connectivity index (χ4v) is 1.83. The standard InChI is InChI=1S/C10H18O/c1-8-3-4-9(2)10(7-8)5-6-11/h5,8-9,11H,3-4,6-7H2,1-2H3/b10-5-/t8-,9+/m0/s1. The molecule has 1 heteroatoms. The van der Waals surface area contributed by atoms with E-state index in [-0.39, 0.29) is 6.61 Å². The van der Waals surface area contributed by atoms with Gasteiger partial charge in [-0.3, -0.25) is 0 Å². The van der Waals surface area contributed by atoms with Gasteiger partial charge in [-0.05, 0) is 31.1 Å². The molecule has 0 aliphatic heterocycles. The Labute approximate surface area is 69.1 Å². The van der Waals surface area contributed by atoms with Gasteiger partial charge in [-0.2, -0.15) is 0 Å². The van der Waals surface area contributed by atoms with Crippen LogP contribution in [0.2, 0.25) is 0 Å². The minimum Gasteiger partial charge on any atom is -0.392 e. The molecule has 0 aromatic heterocycles. The SMILES string of the molecule is C[C@H]1CC[C@@H](C)/C(=C\CO)C1. The summed E-state index contributed by atoms with van der Waals surface area (Å²) >= 11 is 0. The number of hydrogen-bond acceptors (Lipinski definition) is 1. The molecule has 1 N–H and O–H groups in total. The zero-order chi connectivity index (χ0) is 8.27. The quantitative estimate of drug-likeness (QED) is 0.575. The third kappa shape index (κ3) is 2.33. The number of aliphatic hydroxyl groups is 1. The second-order valence-electron chi connectivity index (χ2n) is 3.75. The zero-order valence-corrected chi connectivity index (χ0v) is 7.51. The van der Waals surface area contributed by atoms with Crippen molar-refractivity contribution in [3.05, 3.63) is 11.6 Å². The minimum atomic E-state index is 0.215. The lowest BCUT2D eigenvalue weighted by atomic mass is 9.80. The lowest BCUT2D eigenvalue weighted by Crippen LogP contribution is -2.13. The average molecular weight is 154 g/mol. The van der Waals surface area contributed by atoms with Crippen molar-refractivity contribution in [3.63, 3.8) is 0 Å². The number of hydrogen-bond donors (Lipinski definition) is 1. The van der Waals surface area contributed by atoms with E-state index < -0.39 is 0 Å². The van der Waals surface area contributed by atoms with E-state index in [1.165, 1.54) is 24.8 Å². The van der Waals surface area contributed by atoms with Crippen molar-refractivity contribution in [2.45, 2.75) is 33.1 Å². The first kappa shape index (κ1) is 8.79. The molecule has 1 saturated carbocycles. The summed E-state index contributed by atoms with van der Waals surface area (Å²) in [7, 11) is 0. The Morgan fingerprint density at radius 1 is 1.45 bits per heavy atom. The maximum Gasteiger partial charge on any atom is 0.0615 e. The van der Waals surface area contributed by atoms with Gasteiger partial charge < -0.3 is 5.11 Å². The molecule has 0 unspecified atom stereocenters. The van der Waals surface area contributed by atoms with Crippen LogP contribution >= 0.6 is 0 Å². The third-order valence-electron chi connectivity index (χ3n) is 2.66. The maximum absolute atomic E-state index is 8.75. The lowest BCUT2D eigenvalue weighted by molar-refractivity contribution is 0.332. The molecule has 0 heterocycles. The molecule has 0 amide bonds. The van der Waals surface area contributed by atoms with Gasteiger partial charge in [-0.15, -0.1) is 0 Å². The third-order valence-corrected chi connectivity index (χ3v) is 2.66. The molecular weight excluding hydrogens is 136 g/mol. The van der Waals surface area contributed by atoms with Gasteiger partial charge in [0, 0.05) is 0 Å². The van der Waals surface area contributed by atoms with E-state index >= 15 is 0 Å². The summed E-state index contributed by atoms with van der Waals surface area (Å²) in [5.74, 6) is 1.53. The summed E-state index contributed by atoms with van der Waals surface area (Å²) in [6.45, 7) is 4.76. The average Bonchev–Trinajstić information content (AvgIpc) is 1.98. The predicted octanol–water partition coefficient (Wildman–Crippen LogP) is 2.36. The van der Waals surface area contributed by atoms with Crippen molar-refractivity contribution < 1.29 is 5.11 Å². The van der Waals surface area contributed by atoms with Crippen LogP contribution in [0.25, 0.3) is 0 Å². The number of rotatable bonds is 1. The van der Waals surface area contributed by atoms with E-state index in [0.29, 0.717) is 5.92 Å². The van der Waals surface area contributed by atoms with Gasteiger partial charge in [0.05, 0.1) is 6.61 Å². The molecule has 0 aromatic rings. The molecule has 1 rings (SSSR count). The van der Waals surface area contributed by atoms with Crippen molar-refractivity contribution in [1.29, 1.82) is 0 Å². The molecule has 2 atom stereocenters. The van der Waals surface area contributed by atoms with E-state index in [1.54, 1.807) is 0 Å². The molecule has 1 aliphatic rings. The molecule has 1 fully saturated rings. The summed E-state index contributed by atoms with van der Waals surface area (Å²) in [6.07, 6.45) is 5.83. The smallest absolute Gasteiger partial charge is 0.0615 e. The fraction of sp³-hybridized carbons (Fsp3) is 0.800. The Balaban J connectivity index is 2.54. The Morgan fingerprint density at radius 2 is 2.18 bits per heavy atom. The first-order valence-electron chi connectivity index (χ1n) is 4.53. The van der Waals surface area contributed by atoms with Crippen LogP contribution in [0.1, 0.15) is 33.1 Å². The molecule has 1 aliphatic carbocycles. The van der Waals surface area contributed by atoms with Gasteiger partial charge in [-0.25, -0.2) is 0 Å².